The van der Waals surface area contributed by atoms with Gasteiger partial charge in [-0.25, -0.2) is 0 Å². The van der Waals surface area contributed by atoms with Crippen molar-refractivity contribution in [3.05, 3.63) is 20.8 Å². The zero-order valence-corrected chi connectivity index (χ0v) is 11.6. The molecule has 0 unspecified atom stereocenters. The Hall–Kier alpha value is 0.1000. The van der Waals surface area contributed by atoms with Gasteiger partial charge in [0.05, 0.1) is 3.79 Å². The van der Waals surface area contributed by atoms with E-state index in [-0.39, 0.29) is 0 Å². The highest BCUT2D eigenvalue weighted by molar-refractivity contribution is 9.11. The lowest BCUT2D eigenvalue weighted by molar-refractivity contribution is 0.388. The number of rotatable bonds is 3. The highest BCUT2D eigenvalue weighted by Gasteiger charge is 2.21. The number of hydrogen-bond donors (Lipinski definition) is 1. The maximum atomic E-state index is 3.69. The van der Waals surface area contributed by atoms with Crippen LogP contribution in [-0.4, -0.2) is 31.1 Å². The van der Waals surface area contributed by atoms with Gasteiger partial charge in [0.2, 0.25) is 0 Å². The molecule has 0 saturated carbocycles. The molecular formula is C11H17BrN2S. The van der Waals surface area contributed by atoms with E-state index in [0.717, 1.165) is 0 Å². The number of likely N-dealkylation sites (tertiary alicyclic amines) is 1. The van der Waals surface area contributed by atoms with E-state index in [1.54, 1.807) is 0 Å². The zero-order chi connectivity index (χ0) is 10.8. The van der Waals surface area contributed by atoms with Crippen molar-refractivity contribution in [2.75, 3.05) is 20.1 Å². The van der Waals surface area contributed by atoms with E-state index < -0.39 is 0 Å². The van der Waals surface area contributed by atoms with E-state index >= 15 is 0 Å². The zero-order valence-electron chi connectivity index (χ0n) is 9.16. The molecule has 0 spiro atoms. The maximum absolute atomic E-state index is 3.69. The van der Waals surface area contributed by atoms with Crippen LogP contribution in [0.4, 0.5) is 0 Å². The fraction of sp³-hybridized carbons (Fsp3) is 0.636. The van der Waals surface area contributed by atoms with Gasteiger partial charge in [0.25, 0.3) is 0 Å². The van der Waals surface area contributed by atoms with Crippen LogP contribution in [0, 0.1) is 0 Å². The van der Waals surface area contributed by atoms with Crippen molar-refractivity contribution < 1.29 is 0 Å². The summed E-state index contributed by atoms with van der Waals surface area (Å²) in [6.07, 6.45) is 1.27. The first kappa shape index (κ1) is 11.6. The number of halogens is 1. The molecule has 15 heavy (non-hydrogen) atoms. The lowest BCUT2D eigenvalue weighted by atomic mass is 10.2. The minimum Gasteiger partial charge on any atom is -0.305 e. The first-order valence-corrected chi connectivity index (χ1v) is 6.96. The molecule has 1 aromatic heterocycles. The molecule has 2 nitrogen and oxygen atoms in total. The summed E-state index contributed by atoms with van der Waals surface area (Å²) in [6, 6.07) is 5.45. The third-order valence-electron chi connectivity index (χ3n) is 2.90. The first-order valence-electron chi connectivity index (χ1n) is 5.35. The molecule has 1 fully saturated rings. The number of hydrogen-bond acceptors (Lipinski definition) is 3. The molecule has 84 valence electrons. The molecule has 0 amide bonds. The van der Waals surface area contributed by atoms with Gasteiger partial charge in [-0.3, -0.25) is 0 Å². The maximum Gasteiger partial charge on any atom is 0.0701 e. The van der Waals surface area contributed by atoms with Gasteiger partial charge in [0.15, 0.2) is 0 Å². The van der Waals surface area contributed by atoms with Crippen LogP contribution in [0.15, 0.2) is 15.9 Å². The number of likely N-dealkylation sites (N-methyl/N-ethyl adjacent to an activating group) is 1. The van der Waals surface area contributed by atoms with Crippen LogP contribution < -0.4 is 5.32 Å². The molecule has 1 saturated heterocycles. The molecule has 2 heterocycles. The van der Waals surface area contributed by atoms with Crippen LogP contribution in [0.25, 0.3) is 0 Å². The van der Waals surface area contributed by atoms with Crippen molar-refractivity contribution in [1.82, 2.24) is 10.2 Å². The Bertz CT molecular complexity index is 326. The molecular weight excluding hydrogens is 272 g/mol. The summed E-state index contributed by atoms with van der Waals surface area (Å²) in [6.45, 7) is 4.64. The van der Waals surface area contributed by atoms with Gasteiger partial charge >= 0.3 is 0 Å². The molecule has 4 heteroatoms. The second kappa shape index (κ2) is 4.95. The predicted molar refractivity (Wildman–Crippen MR) is 69.5 cm³/mol. The fourth-order valence-electron chi connectivity index (χ4n) is 2.07. The van der Waals surface area contributed by atoms with E-state index in [4.69, 9.17) is 0 Å². The van der Waals surface area contributed by atoms with E-state index in [0.29, 0.717) is 12.1 Å². The van der Waals surface area contributed by atoms with Gasteiger partial charge in [-0.2, -0.15) is 0 Å². The number of thiophene rings is 1. The smallest absolute Gasteiger partial charge is 0.0701 e. The van der Waals surface area contributed by atoms with Gasteiger partial charge in [-0.15, -0.1) is 11.3 Å². The molecule has 1 aliphatic heterocycles. The number of nitrogens with zero attached hydrogens (tertiary/aromatic N) is 1. The van der Waals surface area contributed by atoms with Crippen LogP contribution >= 0.6 is 27.3 Å². The lowest BCUT2D eigenvalue weighted by Crippen LogP contribution is -2.33. The molecule has 1 N–H and O–H groups in total. The quantitative estimate of drug-likeness (QED) is 0.920. The monoisotopic (exact) mass is 288 g/mol. The summed E-state index contributed by atoms with van der Waals surface area (Å²) >= 11 is 5.33. The molecule has 2 atom stereocenters. The molecule has 0 aliphatic carbocycles. The van der Waals surface area contributed by atoms with Gasteiger partial charge in [-0.05, 0) is 55.0 Å². The topological polar surface area (TPSA) is 15.3 Å². The summed E-state index contributed by atoms with van der Waals surface area (Å²) in [5.74, 6) is 0. The third kappa shape index (κ3) is 3.03. The Balaban J connectivity index is 1.89. The standard InChI is InChI=1S/C11H17BrN2S/c1-8(10-3-4-11(12)15-10)13-9-5-6-14(2)7-9/h3-4,8-9,13H,5-7H2,1-2H3/t8-,9+/m0/s1. The summed E-state index contributed by atoms with van der Waals surface area (Å²) in [7, 11) is 2.19. The van der Waals surface area contributed by atoms with Crippen molar-refractivity contribution in [3.63, 3.8) is 0 Å². The average molecular weight is 289 g/mol. The van der Waals surface area contributed by atoms with Crippen LogP contribution in [0.3, 0.4) is 0 Å². The highest BCUT2D eigenvalue weighted by Crippen LogP contribution is 2.27. The third-order valence-corrected chi connectivity index (χ3v) is 4.70. The van der Waals surface area contributed by atoms with Crippen LogP contribution in [0.1, 0.15) is 24.3 Å². The second-order valence-corrected chi connectivity index (χ2v) is 6.77. The average Bonchev–Trinajstić information content (AvgIpc) is 2.75. The van der Waals surface area contributed by atoms with Gasteiger partial charge in [0, 0.05) is 23.5 Å². The largest absolute Gasteiger partial charge is 0.305 e. The minimum atomic E-state index is 0.470. The number of nitrogens with one attached hydrogen (secondary N) is 1. The Morgan fingerprint density at radius 1 is 1.60 bits per heavy atom. The molecule has 1 aromatic rings. The van der Waals surface area contributed by atoms with Crippen LogP contribution in [-0.2, 0) is 0 Å². The van der Waals surface area contributed by atoms with Crippen molar-refractivity contribution >= 4 is 27.3 Å². The fourth-order valence-corrected chi connectivity index (χ4v) is 3.50. The highest BCUT2D eigenvalue weighted by atomic mass is 79.9. The first-order chi connectivity index (χ1) is 7.15. The second-order valence-electron chi connectivity index (χ2n) is 4.28. The Labute approximate surface area is 104 Å². The molecule has 2 rings (SSSR count). The van der Waals surface area contributed by atoms with Crippen molar-refractivity contribution in [3.8, 4) is 0 Å². The summed E-state index contributed by atoms with van der Waals surface area (Å²) in [4.78, 5) is 3.80. The van der Waals surface area contributed by atoms with Crippen molar-refractivity contribution in [2.45, 2.75) is 25.4 Å². The molecule has 0 bridgehead atoms. The SMILES string of the molecule is C[C@H](N[C@@H]1CCN(C)C1)c1ccc(Br)s1. The Morgan fingerprint density at radius 2 is 2.40 bits per heavy atom. The van der Waals surface area contributed by atoms with Gasteiger partial charge in [0.1, 0.15) is 0 Å². The Kier molecular flexibility index (Phi) is 3.83. The summed E-state index contributed by atoms with van der Waals surface area (Å²) in [5.41, 5.74) is 0. The molecule has 0 aromatic carbocycles. The molecule has 1 aliphatic rings. The van der Waals surface area contributed by atoms with Crippen LogP contribution in [0.2, 0.25) is 0 Å². The van der Waals surface area contributed by atoms with E-state index in [9.17, 15) is 0 Å². The Morgan fingerprint density at radius 3 is 2.93 bits per heavy atom. The molecule has 0 radical (unpaired) electrons. The lowest BCUT2D eigenvalue weighted by Gasteiger charge is -2.18. The van der Waals surface area contributed by atoms with Crippen LogP contribution in [0.5, 0.6) is 0 Å². The minimum absolute atomic E-state index is 0.470. The summed E-state index contributed by atoms with van der Waals surface area (Å²) < 4.78 is 1.22. The van der Waals surface area contributed by atoms with E-state index in [2.05, 4.69) is 52.3 Å². The van der Waals surface area contributed by atoms with Gasteiger partial charge in [-0.1, -0.05) is 0 Å². The summed E-state index contributed by atoms with van der Waals surface area (Å²) in [5, 5.41) is 3.69. The normalized spacial score (nSPS) is 24.6. The van der Waals surface area contributed by atoms with Gasteiger partial charge < -0.3 is 10.2 Å². The van der Waals surface area contributed by atoms with E-state index in [1.807, 2.05) is 11.3 Å². The van der Waals surface area contributed by atoms with Crippen molar-refractivity contribution in [2.24, 2.45) is 0 Å². The predicted octanol–water partition coefficient (Wildman–Crippen LogP) is 2.87. The van der Waals surface area contributed by atoms with Crippen molar-refractivity contribution in [1.29, 1.82) is 0 Å². The van der Waals surface area contributed by atoms with E-state index in [1.165, 1.54) is 28.2 Å².